The molecule has 0 bridgehead atoms. The van der Waals surface area contributed by atoms with Gasteiger partial charge >= 0.3 is 0 Å². The molecule has 1 aromatic carbocycles. The standard InChI is InChI=1S/C13H12N2O/c1-10(16)14-7-2-3-11-4-5-13-12(9-11)6-8-15-13/h4-6,8-9,15H,7H2,1H3,(H,14,16). The molecule has 0 radical (unpaired) electrons. The molecule has 0 aliphatic carbocycles. The Kier molecular flexibility index (Phi) is 2.93. The lowest BCUT2D eigenvalue weighted by Crippen LogP contribution is -2.19. The normalized spacial score (nSPS) is 9.56. The molecule has 2 aromatic rings. The Bertz CT molecular complexity index is 572. The van der Waals surface area contributed by atoms with E-state index in [1.54, 1.807) is 0 Å². The van der Waals surface area contributed by atoms with Crippen molar-refractivity contribution in [3.8, 4) is 11.8 Å². The quantitative estimate of drug-likeness (QED) is 0.694. The minimum atomic E-state index is -0.0598. The topological polar surface area (TPSA) is 44.9 Å². The maximum Gasteiger partial charge on any atom is 0.217 e. The van der Waals surface area contributed by atoms with Crippen LogP contribution >= 0.6 is 0 Å². The van der Waals surface area contributed by atoms with Crippen LogP contribution in [0.15, 0.2) is 30.5 Å². The summed E-state index contributed by atoms with van der Waals surface area (Å²) in [6.45, 7) is 1.87. The van der Waals surface area contributed by atoms with Gasteiger partial charge in [-0.15, -0.1) is 0 Å². The highest BCUT2D eigenvalue weighted by Crippen LogP contribution is 2.13. The van der Waals surface area contributed by atoms with Crippen LogP contribution in [-0.4, -0.2) is 17.4 Å². The van der Waals surface area contributed by atoms with Crippen molar-refractivity contribution in [3.63, 3.8) is 0 Å². The average molecular weight is 212 g/mol. The molecule has 1 amide bonds. The Morgan fingerprint density at radius 3 is 3.12 bits per heavy atom. The number of benzene rings is 1. The lowest BCUT2D eigenvalue weighted by Gasteiger charge is -1.93. The zero-order valence-electron chi connectivity index (χ0n) is 9.00. The van der Waals surface area contributed by atoms with Gasteiger partial charge in [0.1, 0.15) is 0 Å². The number of fused-ring (bicyclic) bond motifs is 1. The Morgan fingerprint density at radius 1 is 1.44 bits per heavy atom. The number of hydrogen-bond acceptors (Lipinski definition) is 1. The van der Waals surface area contributed by atoms with Crippen molar-refractivity contribution in [1.82, 2.24) is 10.3 Å². The molecule has 0 unspecified atom stereocenters. The fourth-order valence-corrected chi connectivity index (χ4v) is 1.45. The van der Waals surface area contributed by atoms with E-state index in [0.717, 1.165) is 16.5 Å². The number of carbonyl (C=O) groups excluding carboxylic acids is 1. The lowest BCUT2D eigenvalue weighted by molar-refractivity contribution is -0.118. The first kappa shape index (κ1) is 10.3. The Hall–Kier alpha value is -2.21. The molecule has 1 aromatic heterocycles. The molecule has 0 atom stereocenters. The molecule has 0 aliphatic rings. The molecule has 0 fully saturated rings. The molecule has 3 heteroatoms. The van der Waals surface area contributed by atoms with E-state index < -0.39 is 0 Å². The van der Waals surface area contributed by atoms with Gasteiger partial charge in [-0.25, -0.2) is 0 Å². The van der Waals surface area contributed by atoms with Gasteiger partial charge < -0.3 is 10.3 Å². The summed E-state index contributed by atoms with van der Waals surface area (Å²) in [5.74, 6) is 5.84. The summed E-state index contributed by atoms with van der Waals surface area (Å²) in [7, 11) is 0. The molecule has 16 heavy (non-hydrogen) atoms. The highest BCUT2D eigenvalue weighted by atomic mass is 16.1. The van der Waals surface area contributed by atoms with Crippen LogP contribution in [0.1, 0.15) is 12.5 Å². The second-order valence-electron chi connectivity index (χ2n) is 3.49. The second kappa shape index (κ2) is 4.54. The third-order valence-electron chi connectivity index (χ3n) is 2.21. The van der Waals surface area contributed by atoms with E-state index in [2.05, 4.69) is 22.1 Å². The highest BCUT2D eigenvalue weighted by Gasteiger charge is 1.93. The predicted octanol–water partition coefficient (Wildman–Crippen LogP) is 1.66. The first-order valence-corrected chi connectivity index (χ1v) is 5.06. The first-order valence-electron chi connectivity index (χ1n) is 5.06. The largest absolute Gasteiger partial charge is 0.361 e. The third kappa shape index (κ3) is 2.43. The number of aromatic nitrogens is 1. The van der Waals surface area contributed by atoms with Crippen LogP contribution in [-0.2, 0) is 4.79 Å². The van der Waals surface area contributed by atoms with Gasteiger partial charge in [0.05, 0.1) is 6.54 Å². The van der Waals surface area contributed by atoms with Gasteiger partial charge in [-0.1, -0.05) is 11.8 Å². The summed E-state index contributed by atoms with van der Waals surface area (Å²) in [5, 5.41) is 3.77. The Morgan fingerprint density at radius 2 is 2.31 bits per heavy atom. The van der Waals surface area contributed by atoms with Crippen LogP contribution in [0.4, 0.5) is 0 Å². The van der Waals surface area contributed by atoms with Crippen molar-refractivity contribution >= 4 is 16.8 Å². The summed E-state index contributed by atoms with van der Waals surface area (Å²) in [4.78, 5) is 13.7. The van der Waals surface area contributed by atoms with E-state index in [1.165, 1.54) is 6.92 Å². The van der Waals surface area contributed by atoms with E-state index in [9.17, 15) is 4.79 Å². The number of nitrogens with one attached hydrogen (secondary N) is 2. The minimum Gasteiger partial charge on any atom is -0.361 e. The molecule has 0 saturated carbocycles. The fourth-order valence-electron chi connectivity index (χ4n) is 1.45. The van der Waals surface area contributed by atoms with Crippen molar-refractivity contribution in [1.29, 1.82) is 0 Å². The smallest absolute Gasteiger partial charge is 0.217 e. The number of rotatable bonds is 1. The van der Waals surface area contributed by atoms with E-state index >= 15 is 0 Å². The zero-order chi connectivity index (χ0) is 11.4. The number of H-pyrrole nitrogens is 1. The highest BCUT2D eigenvalue weighted by molar-refractivity contribution is 5.80. The summed E-state index contributed by atoms with van der Waals surface area (Å²) in [5.41, 5.74) is 2.06. The van der Waals surface area contributed by atoms with E-state index in [1.807, 2.05) is 30.5 Å². The van der Waals surface area contributed by atoms with Crippen LogP contribution in [0.2, 0.25) is 0 Å². The molecular formula is C13H12N2O. The van der Waals surface area contributed by atoms with Crippen LogP contribution in [0.3, 0.4) is 0 Å². The third-order valence-corrected chi connectivity index (χ3v) is 2.21. The fraction of sp³-hybridized carbons (Fsp3) is 0.154. The van der Waals surface area contributed by atoms with Gasteiger partial charge in [-0.05, 0) is 24.3 Å². The minimum absolute atomic E-state index is 0.0598. The predicted molar refractivity (Wildman–Crippen MR) is 63.9 cm³/mol. The average Bonchev–Trinajstić information content (AvgIpc) is 2.71. The Labute approximate surface area is 93.9 Å². The van der Waals surface area contributed by atoms with Crippen molar-refractivity contribution in [2.45, 2.75) is 6.92 Å². The molecular weight excluding hydrogens is 200 g/mol. The van der Waals surface area contributed by atoms with Crippen molar-refractivity contribution in [2.24, 2.45) is 0 Å². The van der Waals surface area contributed by atoms with Crippen LogP contribution in [0.25, 0.3) is 10.9 Å². The van der Waals surface area contributed by atoms with Gasteiger partial charge in [0, 0.05) is 29.6 Å². The van der Waals surface area contributed by atoms with Gasteiger partial charge in [-0.2, -0.15) is 0 Å². The molecule has 80 valence electrons. The number of amides is 1. The summed E-state index contributed by atoms with van der Waals surface area (Å²) in [6, 6.07) is 7.98. The number of aromatic amines is 1. The molecule has 0 aliphatic heterocycles. The van der Waals surface area contributed by atoms with Crippen LogP contribution in [0.5, 0.6) is 0 Å². The molecule has 0 saturated heterocycles. The SMILES string of the molecule is CC(=O)NCC#Cc1ccc2[nH]ccc2c1. The van der Waals surface area contributed by atoms with E-state index in [0.29, 0.717) is 6.54 Å². The van der Waals surface area contributed by atoms with Gasteiger partial charge in [0.15, 0.2) is 0 Å². The molecule has 2 rings (SSSR count). The number of carbonyl (C=O) groups is 1. The van der Waals surface area contributed by atoms with Gasteiger partial charge in [-0.3, -0.25) is 4.79 Å². The zero-order valence-corrected chi connectivity index (χ0v) is 9.00. The van der Waals surface area contributed by atoms with Crippen LogP contribution in [0, 0.1) is 11.8 Å². The van der Waals surface area contributed by atoms with Gasteiger partial charge in [0.25, 0.3) is 0 Å². The van der Waals surface area contributed by atoms with Gasteiger partial charge in [0.2, 0.25) is 5.91 Å². The maximum absolute atomic E-state index is 10.6. The monoisotopic (exact) mass is 212 g/mol. The van der Waals surface area contributed by atoms with Crippen molar-refractivity contribution < 1.29 is 4.79 Å². The number of hydrogen-bond donors (Lipinski definition) is 2. The molecule has 2 N–H and O–H groups in total. The van der Waals surface area contributed by atoms with Crippen molar-refractivity contribution in [3.05, 3.63) is 36.0 Å². The molecule has 3 nitrogen and oxygen atoms in total. The van der Waals surface area contributed by atoms with E-state index in [4.69, 9.17) is 0 Å². The Balaban J connectivity index is 2.11. The summed E-state index contributed by atoms with van der Waals surface area (Å²) >= 11 is 0. The van der Waals surface area contributed by atoms with Crippen molar-refractivity contribution in [2.75, 3.05) is 6.54 Å². The summed E-state index contributed by atoms with van der Waals surface area (Å²) < 4.78 is 0. The maximum atomic E-state index is 10.6. The van der Waals surface area contributed by atoms with Crippen LogP contribution < -0.4 is 5.32 Å². The summed E-state index contributed by atoms with van der Waals surface area (Å²) in [6.07, 6.45) is 1.90. The second-order valence-corrected chi connectivity index (χ2v) is 3.49. The molecule has 0 spiro atoms. The van der Waals surface area contributed by atoms with E-state index in [-0.39, 0.29) is 5.91 Å². The molecule has 1 heterocycles. The lowest BCUT2D eigenvalue weighted by atomic mass is 10.1. The first-order chi connectivity index (χ1) is 7.75.